The molecule has 1 spiro atoms. The third-order valence-electron chi connectivity index (χ3n) is 13.4. The maximum atomic E-state index is 2.53. The third-order valence-corrected chi connectivity index (χ3v) is 13.4. The van der Waals surface area contributed by atoms with Crippen molar-refractivity contribution in [1.82, 2.24) is 13.7 Å². The first kappa shape index (κ1) is 30.6. The first-order chi connectivity index (χ1) is 28.8. The molecule has 3 nitrogen and oxygen atoms in total. The Kier molecular flexibility index (Phi) is 5.70. The fourth-order valence-corrected chi connectivity index (χ4v) is 11.3. The van der Waals surface area contributed by atoms with E-state index in [2.05, 4.69) is 214 Å². The summed E-state index contributed by atoms with van der Waals surface area (Å²) in [5.74, 6) is 0. The van der Waals surface area contributed by atoms with Gasteiger partial charge in [0.25, 0.3) is 0 Å². The highest BCUT2D eigenvalue weighted by Crippen LogP contribution is 2.61. The van der Waals surface area contributed by atoms with E-state index >= 15 is 0 Å². The fourth-order valence-electron chi connectivity index (χ4n) is 11.3. The number of rotatable bonds is 2. The summed E-state index contributed by atoms with van der Waals surface area (Å²) in [7, 11) is 0. The van der Waals surface area contributed by atoms with Crippen molar-refractivity contribution in [2.24, 2.45) is 0 Å². The summed E-state index contributed by atoms with van der Waals surface area (Å²) in [6.07, 6.45) is 0. The van der Waals surface area contributed by atoms with Gasteiger partial charge < -0.3 is 13.7 Å². The number of hydrogen-bond donors (Lipinski definition) is 0. The molecule has 0 N–H and O–H groups in total. The molecule has 14 rings (SSSR count). The first-order valence-electron chi connectivity index (χ1n) is 20.2. The standard InChI is InChI=1S/C55H33N3/c1-7-22-48-38(14-1)39-15-2-8-23-49(39)56(48)34-28-30-36-37-31-29-35(57-50-24-9-3-16-40(50)41-17-4-10-25-51(41)57)33-47(37)55(46(36)32-34)44-20-6-12-27-53(44)58-52-26-11-5-18-42(52)43-19-13-21-45(55)54(43)58/h1-33H. The molecule has 9 aromatic carbocycles. The topological polar surface area (TPSA) is 14.8 Å². The molecule has 2 aliphatic rings. The Morgan fingerprint density at radius 3 is 1.16 bits per heavy atom. The van der Waals surface area contributed by atoms with E-state index in [9.17, 15) is 0 Å². The minimum Gasteiger partial charge on any atom is -0.309 e. The molecule has 0 amide bonds. The van der Waals surface area contributed by atoms with Gasteiger partial charge in [0.2, 0.25) is 0 Å². The van der Waals surface area contributed by atoms with Crippen molar-refractivity contribution in [2.75, 3.05) is 0 Å². The molecule has 4 heterocycles. The van der Waals surface area contributed by atoms with Crippen LogP contribution in [0.2, 0.25) is 0 Å². The average molecular weight is 736 g/mol. The van der Waals surface area contributed by atoms with Gasteiger partial charge in [0.05, 0.1) is 44.2 Å². The van der Waals surface area contributed by atoms with Gasteiger partial charge >= 0.3 is 0 Å². The molecule has 1 aliphatic carbocycles. The van der Waals surface area contributed by atoms with Gasteiger partial charge in [-0.05, 0) is 94.0 Å². The third kappa shape index (κ3) is 3.57. The molecule has 0 unspecified atom stereocenters. The van der Waals surface area contributed by atoms with E-state index < -0.39 is 5.41 Å². The second-order valence-corrected chi connectivity index (χ2v) is 16.0. The number of nitrogens with zero attached hydrogens (tertiary/aromatic N) is 3. The Morgan fingerprint density at radius 1 is 0.276 bits per heavy atom. The lowest BCUT2D eigenvalue weighted by Gasteiger charge is -2.40. The van der Waals surface area contributed by atoms with Crippen LogP contribution in [0.25, 0.3) is 93.6 Å². The van der Waals surface area contributed by atoms with Crippen LogP contribution in [-0.2, 0) is 5.41 Å². The number of para-hydroxylation sites is 7. The molecule has 0 atom stereocenters. The number of aromatic nitrogens is 3. The van der Waals surface area contributed by atoms with E-state index in [4.69, 9.17) is 0 Å². The van der Waals surface area contributed by atoms with Gasteiger partial charge in [0.15, 0.2) is 0 Å². The number of fused-ring (bicyclic) bond motifs is 18. The van der Waals surface area contributed by atoms with Crippen LogP contribution in [-0.4, -0.2) is 13.7 Å². The van der Waals surface area contributed by atoms with Crippen LogP contribution >= 0.6 is 0 Å². The smallest absolute Gasteiger partial charge is 0.0756 e. The molecule has 1 aliphatic heterocycles. The van der Waals surface area contributed by atoms with Gasteiger partial charge in [0, 0.05) is 43.7 Å². The summed E-state index contributed by atoms with van der Waals surface area (Å²) in [6.45, 7) is 0. The lowest BCUT2D eigenvalue weighted by Crippen LogP contribution is -2.33. The summed E-state index contributed by atoms with van der Waals surface area (Å²) in [5, 5.41) is 7.64. The van der Waals surface area contributed by atoms with Crippen molar-refractivity contribution in [1.29, 1.82) is 0 Å². The van der Waals surface area contributed by atoms with Crippen molar-refractivity contribution < 1.29 is 0 Å². The number of benzene rings is 9. The predicted molar refractivity (Wildman–Crippen MR) is 240 cm³/mol. The molecular weight excluding hydrogens is 703 g/mol. The molecule has 58 heavy (non-hydrogen) atoms. The summed E-state index contributed by atoms with van der Waals surface area (Å²) in [6, 6.07) is 75.0. The maximum absolute atomic E-state index is 2.53. The maximum Gasteiger partial charge on any atom is 0.0756 e. The molecule has 0 radical (unpaired) electrons. The summed E-state index contributed by atoms with van der Waals surface area (Å²) < 4.78 is 7.47. The SMILES string of the molecule is c1ccc2c(c1)-n1c3ccccc3c3cccc(c31)C21c2cc(-n3c4ccccc4c4ccccc43)ccc2-c2ccc(-n3c4ccccc4c4ccccc43)cc21. The largest absolute Gasteiger partial charge is 0.309 e. The normalized spacial score (nSPS) is 13.7. The minimum atomic E-state index is -0.602. The Balaban J connectivity index is 1.15. The first-order valence-corrected chi connectivity index (χ1v) is 20.2. The molecule has 3 heteroatoms. The molecule has 0 saturated heterocycles. The highest BCUT2D eigenvalue weighted by Gasteiger charge is 2.51. The average Bonchev–Trinajstić information content (AvgIpc) is 4.00. The lowest BCUT2D eigenvalue weighted by atomic mass is 9.65. The van der Waals surface area contributed by atoms with E-state index in [1.165, 1.54) is 116 Å². The summed E-state index contributed by atoms with van der Waals surface area (Å²) in [4.78, 5) is 0. The van der Waals surface area contributed by atoms with Crippen LogP contribution in [0.15, 0.2) is 200 Å². The quantitative estimate of drug-likeness (QED) is 0.168. The molecule has 268 valence electrons. The van der Waals surface area contributed by atoms with E-state index in [-0.39, 0.29) is 0 Å². The molecule has 12 aromatic rings. The second-order valence-electron chi connectivity index (χ2n) is 16.0. The molecule has 3 aromatic heterocycles. The summed E-state index contributed by atoms with van der Waals surface area (Å²) >= 11 is 0. The van der Waals surface area contributed by atoms with E-state index in [1.54, 1.807) is 0 Å². The second kappa shape index (κ2) is 10.8. The van der Waals surface area contributed by atoms with Crippen LogP contribution in [0.3, 0.4) is 0 Å². The van der Waals surface area contributed by atoms with E-state index in [1.807, 2.05) is 0 Å². The van der Waals surface area contributed by atoms with Crippen molar-refractivity contribution >= 4 is 65.4 Å². The predicted octanol–water partition coefficient (Wildman–Crippen LogP) is 13.7. The highest BCUT2D eigenvalue weighted by molar-refractivity contribution is 6.14. The van der Waals surface area contributed by atoms with Crippen LogP contribution in [0.4, 0.5) is 0 Å². The zero-order valence-corrected chi connectivity index (χ0v) is 31.4. The van der Waals surface area contributed by atoms with Crippen molar-refractivity contribution in [2.45, 2.75) is 5.41 Å². The van der Waals surface area contributed by atoms with Gasteiger partial charge in [-0.3, -0.25) is 0 Å². The summed E-state index contributed by atoms with van der Waals surface area (Å²) in [5.41, 5.74) is 18.2. The lowest BCUT2D eigenvalue weighted by molar-refractivity contribution is 0.747. The van der Waals surface area contributed by atoms with Crippen LogP contribution in [0, 0.1) is 0 Å². The monoisotopic (exact) mass is 735 g/mol. The van der Waals surface area contributed by atoms with Crippen molar-refractivity contribution in [3.63, 3.8) is 0 Å². The number of hydrogen-bond acceptors (Lipinski definition) is 0. The Labute approximate surface area is 333 Å². The molecule has 0 bridgehead atoms. The van der Waals surface area contributed by atoms with Crippen LogP contribution < -0.4 is 0 Å². The fraction of sp³-hybridized carbons (Fsp3) is 0.0182. The van der Waals surface area contributed by atoms with E-state index in [0.717, 1.165) is 0 Å². The Bertz CT molecular complexity index is 3490. The van der Waals surface area contributed by atoms with Gasteiger partial charge in [-0.2, -0.15) is 0 Å². The minimum absolute atomic E-state index is 0.602. The van der Waals surface area contributed by atoms with Gasteiger partial charge in [0.1, 0.15) is 0 Å². The molecular formula is C55H33N3. The van der Waals surface area contributed by atoms with Gasteiger partial charge in [-0.1, -0.05) is 140 Å². The Hall–Kier alpha value is -7.62. The van der Waals surface area contributed by atoms with Crippen molar-refractivity contribution in [3.8, 4) is 28.2 Å². The van der Waals surface area contributed by atoms with Crippen LogP contribution in [0.1, 0.15) is 22.3 Å². The van der Waals surface area contributed by atoms with Crippen LogP contribution in [0.5, 0.6) is 0 Å². The van der Waals surface area contributed by atoms with Gasteiger partial charge in [-0.25, -0.2) is 0 Å². The zero-order valence-electron chi connectivity index (χ0n) is 31.4. The zero-order chi connectivity index (χ0) is 37.7. The molecule has 0 saturated carbocycles. The highest BCUT2D eigenvalue weighted by atomic mass is 15.0. The van der Waals surface area contributed by atoms with Crippen molar-refractivity contribution in [3.05, 3.63) is 222 Å². The van der Waals surface area contributed by atoms with E-state index in [0.29, 0.717) is 0 Å². The Morgan fingerprint density at radius 2 is 0.655 bits per heavy atom. The van der Waals surface area contributed by atoms with Gasteiger partial charge in [-0.15, -0.1) is 0 Å². The molecule has 0 fully saturated rings.